The number of nitrogens with zero attached hydrogens (tertiary/aromatic N) is 2. The number of imidazole rings is 1. The van der Waals surface area contributed by atoms with Gasteiger partial charge in [-0.15, -0.1) is 0 Å². The summed E-state index contributed by atoms with van der Waals surface area (Å²) in [4.78, 5) is 4.88. The number of fused-ring (bicyclic) bond motifs is 1. The Balaban J connectivity index is 2.20. The van der Waals surface area contributed by atoms with Gasteiger partial charge >= 0.3 is 0 Å². The third-order valence-electron chi connectivity index (χ3n) is 3.90. The maximum absolute atomic E-state index is 5.70. The number of benzene rings is 1. The van der Waals surface area contributed by atoms with Gasteiger partial charge in [0.2, 0.25) is 0 Å². The van der Waals surface area contributed by atoms with Crippen LogP contribution in [0.15, 0.2) is 42.6 Å². The van der Waals surface area contributed by atoms with Crippen LogP contribution in [-0.2, 0) is 6.42 Å². The van der Waals surface area contributed by atoms with Crippen molar-refractivity contribution in [2.45, 2.75) is 19.8 Å². The Morgan fingerprint density at radius 3 is 2.86 bits per heavy atom. The summed E-state index contributed by atoms with van der Waals surface area (Å²) in [5.41, 5.74) is 11.2. The second kappa shape index (κ2) is 6.20. The molecule has 2 aromatic heterocycles. The summed E-state index contributed by atoms with van der Waals surface area (Å²) in [5.74, 6) is 0.844. The second-order valence-corrected chi connectivity index (χ2v) is 5.42. The van der Waals surface area contributed by atoms with Crippen molar-refractivity contribution in [2.75, 3.05) is 13.7 Å². The largest absolute Gasteiger partial charge is 0.497 e. The molecule has 0 radical (unpaired) electrons. The van der Waals surface area contributed by atoms with Gasteiger partial charge in [-0.2, -0.15) is 0 Å². The van der Waals surface area contributed by atoms with E-state index in [1.54, 1.807) is 7.11 Å². The van der Waals surface area contributed by atoms with Crippen LogP contribution in [0.2, 0.25) is 0 Å². The molecule has 2 N–H and O–H groups in total. The van der Waals surface area contributed by atoms with Crippen LogP contribution in [0.1, 0.15) is 17.7 Å². The lowest BCUT2D eigenvalue weighted by atomic mass is 10.1. The van der Waals surface area contributed by atoms with Crippen LogP contribution in [0.5, 0.6) is 5.75 Å². The van der Waals surface area contributed by atoms with E-state index >= 15 is 0 Å². The zero-order valence-electron chi connectivity index (χ0n) is 13.0. The van der Waals surface area contributed by atoms with Crippen LogP contribution in [0.3, 0.4) is 0 Å². The third kappa shape index (κ3) is 2.57. The highest BCUT2D eigenvalue weighted by Gasteiger charge is 2.15. The fraction of sp³-hybridized carbons (Fsp3) is 0.278. The molecular formula is C18H21N3O. The number of aryl methyl sites for hydroxylation is 2. The molecule has 3 aromatic rings. The number of hydrogen-bond acceptors (Lipinski definition) is 3. The summed E-state index contributed by atoms with van der Waals surface area (Å²) in [6, 6.07) is 12.2. The van der Waals surface area contributed by atoms with Crippen molar-refractivity contribution in [2.24, 2.45) is 5.73 Å². The van der Waals surface area contributed by atoms with Gasteiger partial charge in [0, 0.05) is 11.8 Å². The van der Waals surface area contributed by atoms with Crippen molar-refractivity contribution < 1.29 is 4.74 Å². The standard InChI is InChI=1S/C18H21N3O/c1-13-6-5-11-21-16(9-4-10-19)17(20-18(13)21)14-7-3-8-15(12-14)22-2/h3,5-8,11-12H,4,9-10,19H2,1-2H3. The van der Waals surface area contributed by atoms with Crippen LogP contribution in [0.25, 0.3) is 16.9 Å². The molecule has 0 saturated heterocycles. The van der Waals surface area contributed by atoms with Gasteiger partial charge in [-0.3, -0.25) is 0 Å². The second-order valence-electron chi connectivity index (χ2n) is 5.42. The predicted octanol–water partition coefficient (Wildman–Crippen LogP) is 3.21. The lowest BCUT2D eigenvalue weighted by molar-refractivity contribution is 0.415. The summed E-state index contributed by atoms with van der Waals surface area (Å²) in [6.45, 7) is 2.76. The summed E-state index contributed by atoms with van der Waals surface area (Å²) < 4.78 is 7.52. The summed E-state index contributed by atoms with van der Waals surface area (Å²) in [6.07, 6.45) is 3.93. The van der Waals surface area contributed by atoms with E-state index in [1.807, 2.05) is 18.2 Å². The van der Waals surface area contributed by atoms with E-state index < -0.39 is 0 Å². The Bertz CT molecular complexity index is 792. The molecule has 0 saturated carbocycles. The lowest BCUT2D eigenvalue weighted by Crippen LogP contribution is -2.03. The van der Waals surface area contributed by atoms with Gasteiger partial charge in [-0.1, -0.05) is 18.2 Å². The molecule has 0 bridgehead atoms. The molecule has 0 fully saturated rings. The minimum absolute atomic E-state index is 0.677. The van der Waals surface area contributed by atoms with Gasteiger partial charge in [0.15, 0.2) is 0 Å². The normalized spacial score (nSPS) is 11.0. The molecule has 0 spiro atoms. The van der Waals surface area contributed by atoms with Crippen molar-refractivity contribution in [3.05, 3.63) is 53.9 Å². The highest BCUT2D eigenvalue weighted by atomic mass is 16.5. The van der Waals surface area contributed by atoms with E-state index in [2.05, 4.69) is 35.7 Å². The SMILES string of the molecule is COc1cccc(-c2nc3c(C)cccn3c2CCCN)c1. The highest BCUT2D eigenvalue weighted by molar-refractivity contribution is 5.69. The summed E-state index contributed by atoms with van der Waals surface area (Å²) >= 11 is 0. The van der Waals surface area contributed by atoms with Crippen LogP contribution in [-0.4, -0.2) is 23.0 Å². The molecule has 2 heterocycles. The van der Waals surface area contributed by atoms with E-state index in [4.69, 9.17) is 15.5 Å². The Kier molecular flexibility index (Phi) is 4.11. The fourth-order valence-corrected chi connectivity index (χ4v) is 2.76. The molecule has 0 aliphatic heterocycles. The number of pyridine rings is 1. The highest BCUT2D eigenvalue weighted by Crippen LogP contribution is 2.29. The first kappa shape index (κ1) is 14.6. The van der Waals surface area contributed by atoms with Crippen molar-refractivity contribution in [3.63, 3.8) is 0 Å². The molecule has 1 aromatic carbocycles. The molecule has 4 heteroatoms. The van der Waals surface area contributed by atoms with Gasteiger partial charge in [-0.05, 0) is 50.1 Å². The van der Waals surface area contributed by atoms with E-state index in [1.165, 1.54) is 11.3 Å². The molecule has 22 heavy (non-hydrogen) atoms. The molecule has 114 valence electrons. The van der Waals surface area contributed by atoms with Gasteiger partial charge in [0.25, 0.3) is 0 Å². The van der Waals surface area contributed by atoms with Crippen molar-refractivity contribution in [3.8, 4) is 17.0 Å². The Labute approximate surface area is 130 Å². The smallest absolute Gasteiger partial charge is 0.140 e. The molecule has 0 aliphatic rings. The average Bonchev–Trinajstić information content (AvgIpc) is 2.93. The zero-order chi connectivity index (χ0) is 15.5. The molecule has 3 rings (SSSR count). The topological polar surface area (TPSA) is 52.5 Å². The van der Waals surface area contributed by atoms with Crippen LogP contribution in [0.4, 0.5) is 0 Å². The Morgan fingerprint density at radius 2 is 2.09 bits per heavy atom. The Morgan fingerprint density at radius 1 is 1.23 bits per heavy atom. The minimum atomic E-state index is 0.677. The first-order valence-corrected chi connectivity index (χ1v) is 7.55. The molecule has 0 amide bonds. The quantitative estimate of drug-likeness (QED) is 0.786. The lowest BCUT2D eigenvalue weighted by Gasteiger charge is -2.06. The van der Waals surface area contributed by atoms with Crippen molar-refractivity contribution in [1.29, 1.82) is 0 Å². The zero-order valence-corrected chi connectivity index (χ0v) is 13.0. The van der Waals surface area contributed by atoms with Gasteiger partial charge in [-0.25, -0.2) is 4.98 Å². The molecular weight excluding hydrogens is 274 g/mol. The number of aromatic nitrogens is 2. The van der Waals surface area contributed by atoms with E-state index in [0.717, 1.165) is 35.5 Å². The maximum Gasteiger partial charge on any atom is 0.140 e. The first-order chi connectivity index (χ1) is 10.7. The minimum Gasteiger partial charge on any atom is -0.497 e. The maximum atomic E-state index is 5.70. The predicted molar refractivity (Wildman–Crippen MR) is 89.3 cm³/mol. The number of hydrogen-bond donors (Lipinski definition) is 1. The molecule has 0 atom stereocenters. The van der Waals surface area contributed by atoms with Crippen LogP contribution < -0.4 is 10.5 Å². The molecule has 4 nitrogen and oxygen atoms in total. The van der Waals surface area contributed by atoms with Gasteiger partial charge < -0.3 is 14.9 Å². The summed E-state index contributed by atoms with van der Waals surface area (Å²) in [5, 5.41) is 0. The van der Waals surface area contributed by atoms with Crippen molar-refractivity contribution in [1.82, 2.24) is 9.38 Å². The van der Waals surface area contributed by atoms with E-state index in [0.29, 0.717) is 6.54 Å². The average molecular weight is 295 g/mol. The number of ether oxygens (including phenoxy) is 1. The number of nitrogens with two attached hydrogens (primary N) is 1. The van der Waals surface area contributed by atoms with E-state index in [-0.39, 0.29) is 0 Å². The number of rotatable bonds is 5. The number of methoxy groups -OCH3 is 1. The van der Waals surface area contributed by atoms with E-state index in [9.17, 15) is 0 Å². The third-order valence-corrected chi connectivity index (χ3v) is 3.90. The molecule has 0 aliphatic carbocycles. The monoisotopic (exact) mass is 295 g/mol. The van der Waals surface area contributed by atoms with Crippen LogP contribution in [0, 0.1) is 6.92 Å². The van der Waals surface area contributed by atoms with Crippen LogP contribution >= 0.6 is 0 Å². The van der Waals surface area contributed by atoms with Crippen molar-refractivity contribution >= 4 is 5.65 Å². The van der Waals surface area contributed by atoms with Gasteiger partial charge in [0.1, 0.15) is 11.4 Å². The summed E-state index contributed by atoms with van der Waals surface area (Å²) in [7, 11) is 1.68. The Hall–Kier alpha value is -2.33. The first-order valence-electron chi connectivity index (χ1n) is 7.55. The fourth-order valence-electron chi connectivity index (χ4n) is 2.76. The van der Waals surface area contributed by atoms with Gasteiger partial charge in [0.05, 0.1) is 18.5 Å². The molecule has 0 unspecified atom stereocenters.